The largest absolute Gasteiger partial charge is 0.480 e. The zero-order valence-corrected chi connectivity index (χ0v) is 11.5. The Morgan fingerprint density at radius 1 is 1.14 bits per heavy atom. The molecule has 1 heterocycles. The van der Waals surface area contributed by atoms with Crippen LogP contribution in [-0.2, 0) is 4.79 Å². The van der Waals surface area contributed by atoms with Gasteiger partial charge >= 0.3 is 5.97 Å². The quantitative estimate of drug-likeness (QED) is 0.917. The zero-order chi connectivity index (χ0) is 14.8. The lowest BCUT2D eigenvalue weighted by molar-refractivity contribution is -0.135. The lowest BCUT2D eigenvalue weighted by Gasteiger charge is -2.21. The maximum absolute atomic E-state index is 12.7. The summed E-state index contributed by atoms with van der Waals surface area (Å²) < 4.78 is 1.94. The number of carboxylic acids is 1. The summed E-state index contributed by atoms with van der Waals surface area (Å²) in [7, 11) is 0. The van der Waals surface area contributed by atoms with Gasteiger partial charge in [0.2, 0.25) is 0 Å². The van der Waals surface area contributed by atoms with Gasteiger partial charge in [-0.25, -0.2) is 0 Å². The van der Waals surface area contributed by atoms with Gasteiger partial charge in [-0.3, -0.25) is 14.5 Å². The number of hydrogen-bond acceptors (Lipinski definition) is 2. The molecule has 1 fully saturated rings. The molecule has 1 aromatic heterocycles. The van der Waals surface area contributed by atoms with E-state index in [0.717, 1.165) is 12.8 Å². The number of aromatic nitrogens is 1. The van der Waals surface area contributed by atoms with E-state index >= 15 is 0 Å². The van der Waals surface area contributed by atoms with Crippen molar-refractivity contribution in [3.8, 4) is 0 Å². The Hall–Kier alpha value is -2.56. The Morgan fingerprint density at radius 3 is 2.48 bits per heavy atom. The highest BCUT2D eigenvalue weighted by Crippen LogP contribution is 2.36. The SMILES string of the molecule is O=C(O)CN(C(=O)c1cccn1C1CC1)c1ccccc1. The van der Waals surface area contributed by atoms with Crippen molar-refractivity contribution in [1.82, 2.24) is 4.57 Å². The van der Waals surface area contributed by atoms with Crippen LogP contribution in [-0.4, -0.2) is 28.1 Å². The highest BCUT2D eigenvalue weighted by atomic mass is 16.4. The van der Waals surface area contributed by atoms with Gasteiger partial charge in [-0.2, -0.15) is 0 Å². The first-order valence-corrected chi connectivity index (χ1v) is 6.92. The molecule has 0 spiro atoms. The molecule has 3 rings (SSSR count). The van der Waals surface area contributed by atoms with Crippen LogP contribution in [0.4, 0.5) is 5.69 Å². The van der Waals surface area contributed by atoms with E-state index in [1.807, 2.05) is 22.9 Å². The minimum atomic E-state index is -1.03. The molecular weight excluding hydrogens is 268 g/mol. The van der Waals surface area contributed by atoms with Gasteiger partial charge in [0.25, 0.3) is 5.91 Å². The summed E-state index contributed by atoms with van der Waals surface area (Å²) in [4.78, 5) is 25.1. The molecule has 1 aromatic carbocycles. The van der Waals surface area contributed by atoms with Gasteiger partial charge in [0.15, 0.2) is 0 Å². The lowest BCUT2D eigenvalue weighted by atomic mass is 10.2. The van der Waals surface area contributed by atoms with Crippen molar-refractivity contribution in [2.45, 2.75) is 18.9 Å². The van der Waals surface area contributed by atoms with E-state index in [9.17, 15) is 9.59 Å². The molecular formula is C16H16N2O3. The van der Waals surface area contributed by atoms with Crippen LogP contribution in [0, 0.1) is 0 Å². The number of aliphatic carboxylic acids is 1. The van der Waals surface area contributed by atoms with Crippen molar-refractivity contribution in [3.63, 3.8) is 0 Å². The first kappa shape index (κ1) is 13.4. The summed E-state index contributed by atoms with van der Waals surface area (Å²) in [5.41, 5.74) is 1.14. The predicted octanol–water partition coefficient (Wildman–Crippen LogP) is 2.55. The van der Waals surface area contributed by atoms with Gasteiger partial charge in [0, 0.05) is 17.9 Å². The summed E-state index contributed by atoms with van der Waals surface area (Å²) in [5, 5.41) is 9.08. The molecule has 1 aliphatic rings. The van der Waals surface area contributed by atoms with Gasteiger partial charge < -0.3 is 9.67 Å². The highest BCUT2D eigenvalue weighted by molar-refractivity contribution is 6.07. The maximum Gasteiger partial charge on any atom is 0.323 e. The fourth-order valence-corrected chi connectivity index (χ4v) is 2.41. The van der Waals surface area contributed by atoms with Crippen LogP contribution >= 0.6 is 0 Å². The Kier molecular flexibility index (Phi) is 3.48. The molecule has 0 aliphatic heterocycles. The third-order valence-electron chi connectivity index (χ3n) is 3.54. The molecule has 1 amide bonds. The van der Waals surface area contributed by atoms with Gasteiger partial charge in [0.05, 0.1) is 0 Å². The zero-order valence-electron chi connectivity index (χ0n) is 11.5. The third kappa shape index (κ3) is 2.81. The van der Waals surface area contributed by atoms with Gasteiger partial charge in [-0.1, -0.05) is 18.2 Å². The number of hydrogen-bond donors (Lipinski definition) is 1. The van der Waals surface area contributed by atoms with Crippen LogP contribution in [0.5, 0.6) is 0 Å². The Balaban J connectivity index is 1.93. The smallest absolute Gasteiger partial charge is 0.323 e. The molecule has 0 radical (unpaired) electrons. The minimum Gasteiger partial charge on any atom is -0.480 e. The number of carbonyl (C=O) groups excluding carboxylic acids is 1. The summed E-state index contributed by atoms with van der Waals surface area (Å²) in [5.74, 6) is -1.31. The topological polar surface area (TPSA) is 62.5 Å². The fourth-order valence-electron chi connectivity index (χ4n) is 2.41. The minimum absolute atomic E-state index is 0.277. The molecule has 2 aromatic rings. The van der Waals surface area contributed by atoms with Gasteiger partial charge in [0.1, 0.15) is 12.2 Å². The van der Waals surface area contributed by atoms with Gasteiger partial charge in [-0.15, -0.1) is 0 Å². The second-order valence-corrected chi connectivity index (χ2v) is 5.15. The summed E-state index contributed by atoms with van der Waals surface area (Å²) in [6.07, 6.45) is 4.02. The highest BCUT2D eigenvalue weighted by Gasteiger charge is 2.29. The van der Waals surface area contributed by atoms with Crippen LogP contribution in [0.25, 0.3) is 0 Å². The van der Waals surface area contributed by atoms with Crippen LogP contribution in [0.15, 0.2) is 48.7 Å². The normalized spacial score (nSPS) is 13.9. The fraction of sp³-hybridized carbons (Fsp3) is 0.250. The van der Waals surface area contributed by atoms with Crippen LogP contribution in [0.3, 0.4) is 0 Å². The summed E-state index contributed by atoms with van der Waals surface area (Å²) in [6, 6.07) is 12.8. The van der Waals surface area contributed by atoms with Crippen LogP contribution in [0.2, 0.25) is 0 Å². The predicted molar refractivity (Wildman–Crippen MR) is 78.5 cm³/mol. The van der Waals surface area contributed by atoms with E-state index in [-0.39, 0.29) is 12.5 Å². The number of rotatable bonds is 5. The number of nitrogens with zero attached hydrogens (tertiary/aromatic N) is 2. The number of benzene rings is 1. The molecule has 1 N–H and O–H groups in total. The summed E-state index contributed by atoms with van der Waals surface area (Å²) in [6.45, 7) is -0.349. The lowest BCUT2D eigenvalue weighted by Crippen LogP contribution is -2.36. The monoisotopic (exact) mass is 284 g/mol. The first-order valence-electron chi connectivity index (χ1n) is 6.92. The maximum atomic E-state index is 12.7. The molecule has 1 aliphatic carbocycles. The molecule has 108 valence electrons. The first-order chi connectivity index (χ1) is 10.2. The van der Waals surface area contributed by atoms with E-state index in [0.29, 0.717) is 17.4 Å². The van der Waals surface area contributed by atoms with E-state index < -0.39 is 5.97 Å². The number of para-hydroxylation sites is 1. The summed E-state index contributed by atoms with van der Waals surface area (Å²) >= 11 is 0. The Labute approximate surface area is 122 Å². The van der Waals surface area contributed by atoms with Crippen molar-refractivity contribution >= 4 is 17.6 Å². The van der Waals surface area contributed by atoms with E-state index in [2.05, 4.69) is 0 Å². The van der Waals surface area contributed by atoms with Crippen molar-refractivity contribution in [2.24, 2.45) is 0 Å². The van der Waals surface area contributed by atoms with Crippen molar-refractivity contribution in [3.05, 3.63) is 54.4 Å². The van der Waals surface area contributed by atoms with E-state index in [1.165, 1.54) is 4.90 Å². The molecule has 0 atom stereocenters. The Bertz CT molecular complexity index is 659. The second-order valence-electron chi connectivity index (χ2n) is 5.15. The number of amides is 1. The second kappa shape index (κ2) is 5.44. The van der Waals surface area contributed by atoms with E-state index in [1.54, 1.807) is 30.3 Å². The standard InChI is InChI=1S/C16H16N2O3/c19-15(20)11-18(12-5-2-1-3-6-12)16(21)14-7-4-10-17(14)13-8-9-13/h1-7,10,13H,8-9,11H2,(H,19,20). The Morgan fingerprint density at radius 2 is 1.86 bits per heavy atom. The molecule has 5 heteroatoms. The molecule has 1 saturated carbocycles. The van der Waals surface area contributed by atoms with Crippen molar-refractivity contribution in [2.75, 3.05) is 11.4 Å². The number of carboxylic acid groups (broad SMARTS) is 1. The molecule has 0 saturated heterocycles. The number of anilines is 1. The molecule has 21 heavy (non-hydrogen) atoms. The van der Waals surface area contributed by atoms with Crippen molar-refractivity contribution < 1.29 is 14.7 Å². The molecule has 0 bridgehead atoms. The van der Waals surface area contributed by atoms with E-state index in [4.69, 9.17) is 5.11 Å². The third-order valence-corrected chi connectivity index (χ3v) is 3.54. The van der Waals surface area contributed by atoms with Crippen LogP contribution < -0.4 is 4.90 Å². The van der Waals surface area contributed by atoms with Crippen LogP contribution in [0.1, 0.15) is 29.4 Å². The average Bonchev–Trinajstić information content (AvgIpc) is 3.22. The van der Waals surface area contributed by atoms with Crippen molar-refractivity contribution in [1.29, 1.82) is 0 Å². The van der Waals surface area contributed by atoms with Gasteiger partial charge in [-0.05, 0) is 37.1 Å². The molecule has 0 unspecified atom stereocenters. The number of carbonyl (C=O) groups is 2. The average molecular weight is 284 g/mol. The molecule has 5 nitrogen and oxygen atoms in total.